The molecule has 0 radical (unpaired) electrons. The molecule has 108 valence electrons. The highest BCUT2D eigenvalue weighted by molar-refractivity contribution is 7.87. The lowest BCUT2D eigenvalue weighted by molar-refractivity contribution is 0.179. The van der Waals surface area contributed by atoms with Crippen molar-refractivity contribution >= 4 is 16.0 Å². The quantitative estimate of drug-likeness (QED) is 0.212. The summed E-state index contributed by atoms with van der Waals surface area (Å²) in [7, 11) is -2.06. The van der Waals surface area contributed by atoms with Crippen LogP contribution >= 0.6 is 0 Å². The van der Waals surface area contributed by atoms with E-state index >= 15 is 0 Å². The molecule has 9 heteroatoms. The Bertz CT molecular complexity index is 344. The number of ether oxygens (including phenoxy) is 1. The van der Waals surface area contributed by atoms with Crippen molar-refractivity contribution in [1.82, 2.24) is 9.03 Å². The monoisotopic (exact) mass is 282 g/mol. The van der Waals surface area contributed by atoms with Gasteiger partial charge in [-0.2, -0.15) is 12.7 Å². The van der Waals surface area contributed by atoms with Gasteiger partial charge in [-0.25, -0.2) is 4.72 Å². The summed E-state index contributed by atoms with van der Waals surface area (Å²) in [5.74, 6) is -0.0110. The number of rotatable bonds is 10. The Labute approximate surface area is 108 Å². The molecule has 4 N–H and O–H groups in total. The van der Waals surface area contributed by atoms with Gasteiger partial charge in [0, 0.05) is 33.2 Å². The van der Waals surface area contributed by atoms with E-state index in [1.54, 1.807) is 0 Å². The number of hydrogen-bond acceptors (Lipinski definition) is 5. The van der Waals surface area contributed by atoms with Gasteiger partial charge >= 0.3 is 0 Å². The largest absolute Gasteiger partial charge is 0.409 e. The molecule has 0 bridgehead atoms. The molecule has 18 heavy (non-hydrogen) atoms. The molecule has 0 amide bonds. The number of nitrogens with one attached hydrogen (secondary N) is 1. The first-order chi connectivity index (χ1) is 8.47. The molecule has 0 rings (SSSR count). The Morgan fingerprint density at radius 3 is 2.67 bits per heavy atom. The Kier molecular flexibility index (Phi) is 8.63. The van der Waals surface area contributed by atoms with Crippen LogP contribution in [-0.4, -0.2) is 57.1 Å². The summed E-state index contributed by atoms with van der Waals surface area (Å²) in [6.07, 6.45) is 0.866. The van der Waals surface area contributed by atoms with E-state index in [0.29, 0.717) is 13.0 Å². The highest BCUT2D eigenvalue weighted by Crippen LogP contribution is 2.00. The van der Waals surface area contributed by atoms with Crippen LogP contribution in [-0.2, 0) is 14.9 Å². The van der Waals surface area contributed by atoms with Crippen LogP contribution in [0, 0.1) is 0 Å². The molecule has 0 heterocycles. The van der Waals surface area contributed by atoms with Crippen LogP contribution in [0.2, 0.25) is 0 Å². The zero-order chi connectivity index (χ0) is 14.0. The summed E-state index contributed by atoms with van der Waals surface area (Å²) in [4.78, 5) is 0. The minimum atomic E-state index is -3.55. The number of hydrogen-bond donors (Lipinski definition) is 3. The lowest BCUT2D eigenvalue weighted by atomic mass is 10.4. The lowest BCUT2D eigenvalue weighted by Crippen LogP contribution is -2.43. The Morgan fingerprint density at radius 1 is 1.50 bits per heavy atom. The number of methoxy groups -OCH3 is 1. The highest BCUT2D eigenvalue weighted by atomic mass is 32.2. The van der Waals surface area contributed by atoms with E-state index in [-0.39, 0.29) is 32.0 Å². The summed E-state index contributed by atoms with van der Waals surface area (Å²) < 4.78 is 32.4. The third-order valence-electron chi connectivity index (χ3n) is 2.16. The third kappa shape index (κ3) is 6.74. The summed E-state index contributed by atoms with van der Waals surface area (Å²) in [5.41, 5.74) is 5.32. The fourth-order valence-electron chi connectivity index (χ4n) is 1.16. The average molecular weight is 282 g/mol. The summed E-state index contributed by atoms with van der Waals surface area (Å²) in [6, 6.07) is 0. The first-order valence-electron chi connectivity index (χ1n) is 5.68. The van der Waals surface area contributed by atoms with Crippen LogP contribution in [0.15, 0.2) is 5.16 Å². The molecule has 0 aliphatic heterocycles. The van der Waals surface area contributed by atoms with Crippen LogP contribution < -0.4 is 10.5 Å². The molecule has 0 aromatic carbocycles. The summed E-state index contributed by atoms with van der Waals surface area (Å²) >= 11 is 0. The normalized spacial score (nSPS) is 13.2. The van der Waals surface area contributed by atoms with Crippen molar-refractivity contribution in [2.45, 2.75) is 19.8 Å². The van der Waals surface area contributed by atoms with Crippen LogP contribution in [0.25, 0.3) is 0 Å². The van der Waals surface area contributed by atoms with Gasteiger partial charge in [-0.05, 0) is 6.42 Å². The number of oxime groups is 1. The zero-order valence-corrected chi connectivity index (χ0v) is 11.6. The molecule has 0 aliphatic carbocycles. The van der Waals surface area contributed by atoms with Gasteiger partial charge in [0.15, 0.2) is 0 Å². The van der Waals surface area contributed by atoms with Gasteiger partial charge in [-0.1, -0.05) is 12.1 Å². The predicted octanol–water partition coefficient (Wildman–Crippen LogP) is -0.684. The SMILES string of the molecule is CCCNS(=O)(=O)N(CCOC)CCC(N)=NO. The Morgan fingerprint density at radius 2 is 2.17 bits per heavy atom. The van der Waals surface area contributed by atoms with Gasteiger partial charge in [0.2, 0.25) is 0 Å². The number of nitrogens with two attached hydrogens (primary N) is 1. The lowest BCUT2D eigenvalue weighted by Gasteiger charge is -2.21. The Balaban J connectivity index is 4.55. The van der Waals surface area contributed by atoms with Crippen LogP contribution in [0.5, 0.6) is 0 Å². The molecule has 0 spiro atoms. The van der Waals surface area contributed by atoms with Crippen molar-refractivity contribution in [3.63, 3.8) is 0 Å². The summed E-state index contributed by atoms with van der Waals surface area (Å²) in [6.45, 7) is 2.88. The van der Waals surface area contributed by atoms with Gasteiger partial charge in [-0.3, -0.25) is 0 Å². The van der Waals surface area contributed by atoms with E-state index in [0.717, 1.165) is 0 Å². The molecule has 0 aliphatic rings. The molecular weight excluding hydrogens is 260 g/mol. The number of nitrogens with zero attached hydrogens (tertiary/aromatic N) is 2. The highest BCUT2D eigenvalue weighted by Gasteiger charge is 2.20. The molecular formula is C9H22N4O4S. The van der Waals surface area contributed by atoms with Gasteiger partial charge < -0.3 is 15.7 Å². The minimum absolute atomic E-state index is 0.0110. The van der Waals surface area contributed by atoms with Crippen molar-refractivity contribution in [1.29, 1.82) is 0 Å². The van der Waals surface area contributed by atoms with Crippen molar-refractivity contribution in [2.75, 3.05) is 33.4 Å². The number of amidine groups is 1. The van der Waals surface area contributed by atoms with E-state index in [4.69, 9.17) is 15.7 Å². The summed E-state index contributed by atoms with van der Waals surface area (Å²) in [5, 5.41) is 11.2. The maximum atomic E-state index is 11.9. The fraction of sp³-hybridized carbons (Fsp3) is 0.889. The van der Waals surface area contributed by atoms with E-state index in [1.165, 1.54) is 11.4 Å². The molecule has 0 saturated heterocycles. The average Bonchev–Trinajstić information content (AvgIpc) is 2.35. The Hall–Kier alpha value is -0.900. The van der Waals surface area contributed by atoms with Crippen LogP contribution in [0.4, 0.5) is 0 Å². The van der Waals surface area contributed by atoms with Crippen LogP contribution in [0.1, 0.15) is 19.8 Å². The minimum Gasteiger partial charge on any atom is -0.409 e. The van der Waals surface area contributed by atoms with Crippen molar-refractivity contribution in [3.8, 4) is 0 Å². The van der Waals surface area contributed by atoms with E-state index in [1.807, 2.05) is 6.92 Å². The molecule has 8 nitrogen and oxygen atoms in total. The van der Waals surface area contributed by atoms with Gasteiger partial charge in [0.25, 0.3) is 10.2 Å². The zero-order valence-electron chi connectivity index (χ0n) is 10.8. The molecule has 0 fully saturated rings. The van der Waals surface area contributed by atoms with Gasteiger partial charge in [0.05, 0.1) is 6.61 Å². The van der Waals surface area contributed by atoms with Gasteiger partial charge in [0.1, 0.15) is 5.84 Å². The molecule has 0 saturated carbocycles. The first kappa shape index (κ1) is 17.1. The maximum absolute atomic E-state index is 11.9. The standard InChI is InChI=1S/C9H22N4O4S/c1-3-5-11-18(15,16)13(7-8-17-2)6-4-9(10)12-14/h11,14H,3-8H2,1-2H3,(H2,10,12). The van der Waals surface area contributed by atoms with E-state index < -0.39 is 10.2 Å². The topological polar surface area (TPSA) is 117 Å². The second kappa shape index (κ2) is 9.09. The molecule has 0 atom stereocenters. The van der Waals surface area contributed by atoms with Crippen molar-refractivity contribution in [2.24, 2.45) is 10.9 Å². The van der Waals surface area contributed by atoms with E-state index in [9.17, 15) is 8.42 Å². The first-order valence-corrected chi connectivity index (χ1v) is 7.12. The van der Waals surface area contributed by atoms with E-state index in [2.05, 4.69) is 9.88 Å². The predicted molar refractivity (Wildman–Crippen MR) is 68.7 cm³/mol. The van der Waals surface area contributed by atoms with Crippen molar-refractivity contribution in [3.05, 3.63) is 0 Å². The van der Waals surface area contributed by atoms with Gasteiger partial charge in [-0.15, -0.1) is 0 Å². The van der Waals surface area contributed by atoms with Crippen molar-refractivity contribution < 1.29 is 18.4 Å². The second-order valence-electron chi connectivity index (χ2n) is 3.63. The second-order valence-corrected chi connectivity index (χ2v) is 5.39. The smallest absolute Gasteiger partial charge is 0.279 e. The van der Waals surface area contributed by atoms with Crippen LogP contribution in [0.3, 0.4) is 0 Å². The molecule has 0 unspecified atom stereocenters. The molecule has 0 aromatic rings. The molecule has 0 aromatic heterocycles. The third-order valence-corrected chi connectivity index (χ3v) is 3.78. The maximum Gasteiger partial charge on any atom is 0.279 e. The fourth-order valence-corrected chi connectivity index (χ4v) is 2.45.